The molecule has 5 rings (SSSR count). The van der Waals surface area contributed by atoms with Crippen LogP contribution >= 0.6 is 0 Å². The van der Waals surface area contributed by atoms with Crippen LogP contribution in [0.4, 0.5) is 27.8 Å². The van der Waals surface area contributed by atoms with Crippen molar-refractivity contribution in [3.8, 4) is 0 Å². The van der Waals surface area contributed by atoms with Gasteiger partial charge in [-0.05, 0) is 76.4 Å². The smallest absolute Gasteiger partial charge is 0.335 e. The zero-order valence-electron chi connectivity index (χ0n) is 37.7. The Morgan fingerprint density at radius 2 is 1.32 bits per heavy atom. The third-order valence-electron chi connectivity index (χ3n) is 11.3. The van der Waals surface area contributed by atoms with Crippen LogP contribution < -0.4 is 56.9 Å². The van der Waals surface area contributed by atoms with Crippen LogP contribution in [0.25, 0.3) is 0 Å². The number of aldehydes is 1. The van der Waals surface area contributed by atoms with E-state index < -0.39 is 48.5 Å². The minimum absolute atomic E-state index is 0.0563. The Kier molecular flexibility index (Phi) is 19.5. The number of amides is 7. The predicted octanol–water partition coefficient (Wildman–Crippen LogP) is -1.20. The largest absolute Gasteiger partial charge is 0.481 e. The number of likely N-dealkylation sites (N-methyl/N-ethyl adjacent to an activating group) is 4. The lowest BCUT2D eigenvalue weighted by Crippen LogP contribution is -2.52. The predicted molar refractivity (Wildman–Crippen MR) is 242 cm³/mol. The first-order chi connectivity index (χ1) is 31.1. The number of aromatic nitrogens is 2. The zero-order chi connectivity index (χ0) is 47.6. The Labute approximate surface area is 377 Å². The van der Waals surface area contributed by atoms with Gasteiger partial charge in [-0.25, -0.2) is 20.2 Å². The molecule has 0 bridgehead atoms. The van der Waals surface area contributed by atoms with Crippen LogP contribution in [0.1, 0.15) is 45.4 Å². The SMILES string of the molecule is CC[C@@H](/C=N/NC(=O)NCC1CCC(C(=O)NC)CC1)NC(=O)CN1C(=O)[C@@H](NC)CN(C)c2ncccc21.CNC1CN(C)c2ncccc2N(CC(=O)N[C@H](C=O)CC(=O)O)C1=O. The van der Waals surface area contributed by atoms with Crippen LogP contribution in [0.2, 0.25) is 0 Å². The van der Waals surface area contributed by atoms with Crippen molar-refractivity contribution >= 4 is 77.0 Å². The van der Waals surface area contributed by atoms with Gasteiger partial charge in [0, 0.05) is 65.3 Å². The van der Waals surface area contributed by atoms with E-state index in [1.807, 2.05) is 23.8 Å². The Morgan fingerprint density at radius 3 is 1.77 bits per heavy atom. The first-order valence-electron chi connectivity index (χ1n) is 21.5. The van der Waals surface area contributed by atoms with Crippen LogP contribution in [0.3, 0.4) is 0 Å². The first-order valence-corrected chi connectivity index (χ1v) is 21.5. The summed E-state index contributed by atoms with van der Waals surface area (Å²) in [5.41, 5.74) is 3.48. The molecule has 1 aliphatic carbocycles. The number of carboxylic acid groups (broad SMARTS) is 1. The molecular formula is C42H62N14O9. The second-order valence-electron chi connectivity index (χ2n) is 15.9. The molecule has 3 aliphatic rings. The van der Waals surface area contributed by atoms with Crippen LogP contribution in [-0.2, 0) is 33.6 Å². The number of carboxylic acids is 1. The van der Waals surface area contributed by atoms with E-state index in [9.17, 15) is 38.4 Å². The molecule has 65 heavy (non-hydrogen) atoms. The maximum atomic E-state index is 13.2. The number of anilines is 4. The Balaban J connectivity index is 0.000000309. The summed E-state index contributed by atoms with van der Waals surface area (Å²) in [5, 5.41) is 29.4. The molecule has 2 aromatic rings. The molecule has 0 saturated heterocycles. The van der Waals surface area contributed by atoms with E-state index in [2.05, 4.69) is 52.4 Å². The quantitative estimate of drug-likeness (QED) is 0.0526. The molecule has 1 unspecified atom stereocenters. The lowest BCUT2D eigenvalue weighted by molar-refractivity contribution is -0.139. The second kappa shape index (κ2) is 24.9. The van der Waals surface area contributed by atoms with Gasteiger partial charge in [0.15, 0.2) is 11.6 Å². The van der Waals surface area contributed by atoms with Gasteiger partial charge in [0.05, 0.1) is 29.9 Å². The summed E-state index contributed by atoms with van der Waals surface area (Å²) in [6, 6.07) is 3.78. The van der Waals surface area contributed by atoms with Crippen molar-refractivity contribution in [3.05, 3.63) is 36.7 Å². The van der Waals surface area contributed by atoms with Crippen molar-refractivity contribution in [3.63, 3.8) is 0 Å². The van der Waals surface area contributed by atoms with Gasteiger partial charge >= 0.3 is 12.0 Å². The molecule has 8 N–H and O–H groups in total. The fraction of sp³-hybridized carbons (Fsp3) is 0.548. The van der Waals surface area contributed by atoms with Crippen LogP contribution in [0, 0.1) is 11.8 Å². The molecule has 4 heterocycles. The van der Waals surface area contributed by atoms with Gasteiger partial charge in [0.1, 0.15) is 31.5 Å². The number of nitrogens with zero attached hydrogens (tertiary/aromatic N) is 7. The van der Waals surface area contributed by atoms with E-state index in [1.54, 1.807) is 64.8 Å². The monoisotopic (exact) mass is 906 g/mol. The highest BCUT2D eigenvalue weighted by Crippen LogP contribution is 2.31. The molecule has 0 aromatic carbocycles. The van der Waals surface area contributed by atoms with Gasteiger partial charge in [-0.3, -0.25) is 38.6 Å². The molecule has 0 spiro atoms. The summed E-state index contributed by atoms with van der Waals surface area (Å²) >= 11 is 0. The number of rotatable bonds is 17. The lowest BCUT2D eigenvalue weighted by atomic mass is 9.81. The summed E-state index contributed by atoms with van der Waals surface area (Å²) in [4.78, 5) is 112. The highest BCUT2D eigenvalue weighted by Gasteiger charge is 2.35. The summed E-state index contributed by atoms with van der Waals surface area (Å²) in [6.07, 6.45) is 8.50. The number of carbonyl (C=O) groups is 8. The number of urea groups is 1. The van der Waals surface area contributed by atoms with Crippen LogP contribution in [0.15, 0.2) is 41.8 Å². The van der Waals surface area contributed by atoms with Gasteiger partial charge in [0.2, 0.25) is 29.5 Å². The van der Waals surface area contributed by atoms with Gasteiger partial charge in [-0.1, -0.05) is 6.92 Å². The third-order valence-corrected chi connectivity index (χ3v) is 11.3. The highest BCUT2D eigenvalue weighted by molar-refractivity contribution is 6.06. The van der Waals surface area contributed by atoms with Crippen molar-refractivity contribution in [1.82, 2.24) is 47.3 Å². The number of hydrazone groups is 1. The van der Waals surface area contributed by atoms with Crippen molar-refractivity contribution < 1.29 is 43.5 Å². The summed E-state index contributed by atoms with van der Waals surface area (Å²) in [7, 11) is 8.66. The summed E-state index contributed by atoms with van der Waals surface area (Å²) in [5.74, 6) is -1.09. The fourth-order valence-corrected chi connectivity index (χ4v) is 7.69. The molecule has 7 amide bonds. The number of aliphatic carboxylic acids is 1. The molecule has 1 saturated carbocycles. The van der Waals surface area contributed by atoms with Gasteiger partial charge in [-0.15, -0.1) is 0 Å². The molecule has 354 valence electrons. The standard InChI is InChI=1S/C26H41N9O4.C16H21N5O5/c1-5-19(14-31-33-26(39)30-13-17-8-10-18(11-9-17)24(37)28-3)32-22(36)16-35-21-7-6-12-29-23(21)34(4)15-20(27-2)25(35)38;1-17-11-7-20(2)15-12(4-3-5-18-15)21(16(11)26)8-13(23)19-10(9-22)6-14(24)25/h6-7,12,14,17-20,27H,5,8-11,13,15-16H2,1-4H3,(H,28,37)(H,32,36)(H2,30,33,39);3-5,9-11,17H,6-8H2,1-2H3,(H,19,23)(H,24,25)/b31-14+;/t17?,18?,19-,20-;10-,11?/m00/s1. The van der Waals surface area contributed by atoms with E-state index in [0.717, 1.165) is 25.7 Å². The van der Waals surface area contributed by atoms with E-state index in [1.165, 1.54) is 16.0 Å². The molecule has 0 radical (unpaired) electrons. The molecule has 2 aliphatic heterocycles. The number of fused-ring (bicyclic) bond motifs is 2. The maximum Gasteiger partial charge on any atom is 0.335 e. The normalized spacial score (nSPS) is 20.4. The first kappa shape index (κ1) is 50.9. The average Bonchev–Trinajstić information content (AvgIpc) is 3.47. The van der Waals surface area contributed by atoms with E-state index in [-0.39, 0.29) is 42.6 Å². The van der Waals surface area contributed by atoms with E-state index >= 15 is 0 Å². The van der Waals surface area contributed by atoms with Gasteiger partial charge < -0.3 is 51.6 Å². The van der Waals surface area contributed by atoms with Gasteiger partial charge in [0.25, 0.3) is 0 Å². The highest BCUT2D eigenvalue weighted by atomic mass is 16.4. The molecular weight excluding hydrogens is 845 g/mol. The van der Waals surface area contributed by atoms with Crippen molar-refractivity contribution in [2.24, 2.45) is 16.9 Å². The number of hydrogen-bond acceptors (Lipinski definition) is 15. The van der Waals surface area contributed by atoms with Gasteiger partial charge in [-0.2, -0.15) is 5.10 Å². The Morgan fingerprint density at radius 1 is 0.815 bits per heavy atom. The van der Waals surface area contributed by atoms with Crippen LogP contribution in [-0.4, -0.2) is 161 Å². The maximum absolute atomic E-state index is 13.2. The topological polar surface area (TPSA) is 292 Å². The van der Waals surface area contributed by atoms with E-state index in [4.69, 9.17) is 5.11 Å². The number of hydrogen-bond donors (Lipinski definition) is 8. The molecule has 4 atom stereocenters. The second-order valence-corrected chi connectivity index (χ2v) is 15.9. The average molecular weight is 907 g/mol. The summed E-state index contributed by atoms with van der Waals surface area (Å²) < 4.78 is 0. The molecule has 23 nitrogen and oxygen atoms in total. The fourth-order valence-electron chi connectivity index (χ4n) is 7.69. The van der Waals surface area contributed by atoms with Crippen molar-refractivity contribution in [1.29, 1.82) is 0 Å². The van der Waals surface area contributed by atoms with Crippen molar-refractivity contribution in [2.75, 3.05) is 87.6 Å². The number of nitrogens with one attached hydrogen (secondary N) is 7. The minimum atomic E-state index is -1.21. The van der Waals surface area contributed by atoms with Crippen LogP contribution in [0.5, 0.6) is 0 Å². The van der Waals surface area contributed by atoms with Crippen molar-refractivity contribution in [2.45, 2.75) is 69.6 Å². The van der Waals surface area contributed by atoms with E-state index in [0.29, 0.717) is 61.3 Å². The Hall–Kier alpha value is -6.75. The minimum Gasteiger partial charge on any atom is -0.481 e. The number of pyridine rings is 2. The molecule has 23 heteroatoms. The zero-order valence-corrected chi connectivity index (χ0v) is 37.7. The lowest BCUT2D eigenvalue weighted by Gasteiger charge is -2.27. The number of carbonyl (C=O) groups excluding carboxylic acids is 7. The third kappa shape index (κ3) is 14.4. The summed E-state index contributed by atoms with van der Waals surface area (Å²) in [6.45, 7) is 2.66. The Bertz CT molecular complexity index is 2030. The molecule has 2 aromatic heterocycles. The molecule has 1 fully saturated rings.